The van der Waals surface area contributed by atoms with Crippen LogP contribution in [-0.2, 0) is 14.3 Å². The first kappa shape index (κ1) is 27.2. The van der Waals surface area contributed by atoms with Crippen molar-refractivity contribution in [2.75, 3.05) is 4.90 Å². The number of benzene rings is 3. The molecule has 0 radical (unpaired) electrons. The summed E-state index contributed by atoms with van der Waals surface area (Å²) in [5, 5.41) is 0.641. The van der Waals surface area contributed by atoms with E-state index in [4.69, 9.17) is 9.72 Å². The Morgan fingerprint density at radius 3 is 2.23 bits per heavy atom. The smallest absolute Gasteiger partial charge is 0.339 e. The average molecular weight is 573 g/mol. The molecule has 2 aliphatic carbocycles. The number of Topliss-reactive ketones (excluding diaryl/α,β-unsaturated/α-hetero) is 1. The molecule has 7 rings (SSSR count). The maximum atomic E-state index is 13.6. The van der Waals surface area contributed by atoms with Gasteiger partial charge in [-0.1, -0.05) is 61.0 Å². The van der Waals surface area contributed by atoms with E-state index in [1.807, 2.05) is 50.2 Å². The van der Waals surface area contributed by atoms with E-state index in [-0.39, 0.29) is 29.4 Å². The lowest BCUT2D eigenvalue weighted by Crippen LogP contribution is -2.32. The fourth-order valence-electron chi connectivity index (χ4n) is 7.40. The van der Waals surface area contributed by atoms with Crippen LogP contribution >= 0.6 is 0 Å². The number of aryl methyl sites for hydroxylation is 1. The first-order valence-corrected chi connectivity index (χ1v) is 15.0. The minimum atomic E-state index is -0.920. The molecule has 1 aliphatic heterocycles. The molecule has 2 bridgehead atoms. The summed E-state index contributed by atoms with van der Waals surface area (Å²) in [4.78, 5) is 59.5. The number of nitrogens with zero attached hydrogens (tertiary/aromatic N) is 2. The molecule has 2 saturated carbocycles. The minimum absolute atomic E-state index is 0.0743. The predicted molar refractivity (Wildman–Crippen MR) is 162 cm³/mol. The fourth-order valence-corrected chi connectivity index (χ4v) is 7.40. The number of carbonyl (C=O) groups excluding carboxylic acids is 4. The van der Waals surface area contributed by atoms with E-state index in [0.29, 0.717) is 51.7 Å². The second kappa shape index (κ2) is 10.6. The molecular formula is C36H32N2O5. The van der Waals surface area contributed by atoms with Crippen molar-refractivity contribution < 1.29 is 23.9 Å². The molecule has 3 aliphatic rings. The number of pyridine rings is 1. The van der Waals surface area contributed by atoms with E-state index < -0.39 is 12.1 Å². The maximum Gasteiger partial charge on any atom is 0.339 e. The molecule has 3 aromatic carbocycles. The quantitative estimate of drug-likeness (QED) is 0.141. The van der Waals surface area contributed by atoms with Crippen molar-refractivity contribution in [2.45, 2.75) is 45.6 Å². The molecule has 1 aromatic heterocycles. The van der Waals surface area contributed by atoms with Gasteiger partial charge in [0.15, 0.2) is 6.10 Å². The maximum absolute atomic E-state index is 13.6. The van der Waals surface area contributed by atoms with Gasteiger partial charge in [0.1, 0.15) is 0 Å². The lowest BCUT2D eigenvalue weighted by atomic mass is 9.81. The SMILES string of the molecule is CC[C@H](OC(=O)c1cc(-c2ccc(N3C(=O)[C@@H]4[C@H]5CC[C@@H](C5)[C@H]4C3=O)cc2)nc2ccc(C)cc12)C(=O)c1ccccc1. The summed E-state index contributed by atoms with van der Waals surface area (Å²) in [6.07, 6.45) is 2.49. The van der Waals surface area contributed by atoms with E-state index in [2.05, 4.69) is 0 Å². The van der Waals surface area contributed by atoms with Crippen LogP contribution in [0.1, 0.15) is 58.9 Å². The van der Waals surface area contributed by atoms with Gasteiger partial charge < -0.3 is 4.74 Å². The van der Waals surface area contributed by atoms with Crippen LogP contribution in [0.5, 0.6) is 0 Å². The highest BCUT2D eigenvalue weighted by atomic mass is 16.5. The summed E-state index contributed by atoms with van der Waals surface area (Å²) in [5.74, 6) is -0.684. The standard InChI is InChI=1S/C36H32N2O5/c1-3-30(33(39)22-7-5-4-6-8-22)43-36(42)27-19-29(37-28-16-9-20(2)17-26(27)28)21-12-14-25(15-13-21)38-34(40)31-23-10-11-24(18-23)32(31)35(38)41/h4-9,12-17,19,23-24,30-32H,3,10-11,18H2,1-2H3/t23-,24-,30-,31+,32+/m0/s1. The second-order valence-electron chi connectivity index (χ2n) is 12.1. The van der Waals surface area contributed by atoms with Crippen LogP contribution in [0.2, 0.25) is 0 Å². The highest BCUT2D eigenvalue weighted by molar-refractivity contribution is 6.22. The third-order valence-corrected chi connectivity index (χ3v) is 9.50. The number of aromatic nitrogens is 1. The molecule has 5 atom stereocenters. The molecule has 2 heterocycles. The van der Waals surface area contributed by atoms with Crippen LogP contribution in [-0.4, -0.2) is 34.7 Å². The summed E-state index contributed by atoms with van der Waals surface area (Å²) in [6.45, 7) is 3.75. The Labute approximate surface area is 249 Å². The van der Waals surface area contributed by atoms with Crippen LogP contribution < -0.4 is 4.90 Å². The van der Waals surface area contributed by atoms with Gasteiger partial charge in [0.25, 0.3) is 0 Å². The van der Waals surface area contributed by atoms with Crippen LogP contribution in [0, 0.1) is 30.6 Å². The Bertz CT molecular complexity index is 1750. The van der Waals surface area contributed by atoms with Gasteiger partial charge in [-0.05, 0) is 74.8 Å². The van der Waals surface area contributed by atoms with E-state index >= 15 is 0 Å². The van der Waals surface area contributed by atoms with E-state index in [1.54, 1.807) is 42.5 Å². The number of amides is 2. The highest BCUT2D eigenvalue weighted by Crippen LogP contribution is 2.56. The zero-order valence-electron chi connectivity index (χ0n) is 24.2. The first-order valence-electron chi connectivity index (χ1n) is 15.0. The number of hydrogen-bond acceptors (Lipinski definition) is 6. The molecule has 3 fully saturated rings. The minimum Gasteiger partial charge on any atom is -0.450 e. The first-order chi connectivity index (χ1) is 20.8. The Hall–Kier alpha value is -4.65. The molecule has 7 nitrogen and oxygen atoms in total. The van der Waals surface area contributed by atoms with Crippen molar-refractivity contribution in [3.05, 3.63) is 95.6 Å². The van der Waals surface area contributed by atoms with Gasteiger partial charge in [0, 0.05) is 16.5 Å². The number of rotatable bonds is 7. The van der Waals surface area contributed by atoms with E-state index in [0.717, 1.165) is 30.4 Å². The van der Waals surface area contributed by atoms with Crippen LogP contribution in [0.25, 0.3) is 22.2 Å². The topological polar surface area (TPSA) is 93.6 Å². The molecule has 7 heteroatoms. The Kier molecular flexibility index (Phi) is 6.68. The second-order valence-corrected chi connectivity index (χ2v) is 12.1. The van der Waals surface area contributed by atoms with Crippen LogP contribution in [0.15, 0.2) is 78.9 Å². The average Bonchev–Trinajstić information content (AvgIpc) is 3.72. The number of imide groups is 1. The van der Waals surface area contributed by atoms with Gasteiger partial charge >= 0.3 is 5.97 Å². The normalized spacial score (nSPS) is 23.1. The molecule has 1 saturated heterocycles. The molecule has 0 spiro atoms. The number of carbonyl (C=O) groups is 4. The number of esters is 1. The van der Waals surface area contributed by atoms with Crippen molar-refractivity contribution in [2.24, 2.45) is 23.7 Å². The largest absolute Gasteiger partial charge is 0.450 e. The molecule has 43 heavy (non-hydrogen) atoms. The van der Waals surface area contributed by atoms with Gasteiger partial charge in [0.05, 0.1) is 34.3 Å². The number of hydrogen-bond donors (Lipinski definition) is 0. The molecule has 4 aromatic rings. The third-order valence-electron chi connectivity index (χ3n) is 9.50. The molecule has 0 unspecified atom stereocenters. The van der Waals surface area contributed by atoms with E-state index in [1.165, 1.54) is 4.90 Å². The Balaban J connectivity index is 1.19. The van der Waals surface area contributed by atoms with Gasteiger partial charge in [-0.3, -0.25) is 19.3 Å². The lowest BCUT2D eigenvalue weighted by Gasteiger charge is -2.19. The summed E-state index contributed by atoms with van der Waals surface area (Å²) in [6, 6.07) is 23.4. The van der Waals surface area contributed by atoms with Crippen molar-refractivity contribution in [3.8, 4) is 11.3 Å². The molecule has 2 amide bonds. The Morgan fingerprint density at radius 2 is 1.58 bits per heavy atom. The van der Waals surface area contributed by atoms with Crippen molar-refractivity contribution >= 4 is 40.2 Å². The van der Waals surface area contributed by atoms with Crippen molar-refractivity contribution in [1.29, 1.82) is 0 Å². The number of anilines is 1. The number of ether oxygens (including phenoxy) is 1. The van der Waals surface area contributed by atoms with Crippen LogP contribution in [0.4, 0.5) is 5.69 Å². The molecule has 216 valence electrons. The summed E-state index contributed by atoms with van der Waals surface area (Å²) < 4.78 is 5.81. The van der Waals surface area contributed by atoms with Crippen LogP contribution in [0.3, 0.4) is 0 Å². The van der Waals surface area contributed by atoms with Gasteiger partial charge in [-0.2, -0.15) is 0 Å². The monoisotopic (exact) mass is 572 g/mol. The summed E-state index contributed by atoms with van der Waals surface area (Å²) in [7, 11) is 0. The van der Waals surface area contributed by atoms with Crippen molar-refractivity contribution in [3.63, 3.8) is 0 Å². The highest BCUT2D eigenvalue weighted by Gasteiger charge is 2.61. The van der Waals surface area contributed by atoms with Crippen molar-refractivity contribution in [1.82, 2.24) is 4.98 Å². The van der Waals surface area contributed by atoms with Gasteiger partial charge in [-0.15, -0.1) is 0 Å². The summed E-state index contributed by atoms with van der Waals surface area (Å²) >= 11 is 0. The molecule has 0 N–H and O–H groups in total. The fraction of sp³-hybridized carbons (Fsp3) is 0.306. The molecular weight excluding hydrogens is 540 g/mol. The Morgan fingerprint density at radius 1 is 0.907 bits per heavy atom. The number of ketones is 1. The lowest BCUT2D eigenvalue weighted by molar-refractivity contribution is -0.123. The number of fused-ring (bicyclic) bond motifs is 6. The van der Waals surface area contributed by atoms with Gasteiger partial charge in [-0.25, -0.2) is 9.78 Å². The zero-order valence-corrected chi connectivity index (χ0v) is 24.2. The zero-order chi connectivity index (χ0) is 29.8. The van der Waals surface area contributed by atoms with E-state index in [9.17, 15) is 19.2 Å². The predicted octanol–water partition coefficient (Wildman–Crippen LogP) is 6.56. The third kappa shape index (κ3) is 4.54. The summed E-state index contributed by atoms with van der Waals surface area (Å²) in [5.41, 5.74) is 4.23. The van der Waals surface area contributed by atoms with Gasteiger partial charge in [0.2, 0.25) is 17.6 Å².